The summed E-state index contributed by atoms with van der Waals surface area (Å²) in [6.07, 6.45) is 4.59. The second kappa shape index (κ2) is 8.30. The average molecular weight is 226 g/mol. The van der Waals surface area contributed by atoms with Gasteiger partial charge in [-0.2, -0.15) is 0 Å². The quantitative estimate of drug-likeness (QED) is 0.652. The van der Waals surface area contributed by atoms with Crippen molar-refractivity contribution in [1.29, 1.82) is 0 Å². The lowest BCUT2D eigenvalue weighted by Gasteiger charge is -1.99. The van der Waals surface area contributed by atoms with E-state index in [1.807, 2.05) is 13.1 Å². The predicted molar refractivity (Wildman–Crippen MR) is 63.6 cm³/mol. The lowest BCUT2D eigenvalue weighted by atomic mass is 10.3. The van der Waals surface area contributed by atoms with Crippen molar-refractivity contribution in [2.24, 2.45) is 0 Å². The van der Waals surface area contributed by atoms with Gasteiger partial charge in [-0.05, 0) is 19.9 Å². The molecule has 0 saturated heterocycles. The zero-order chi connectivity index (χ0) is 11.6. The molecule has 0 aliphatic carbocycles. The fraction of sp³-hybridized carbons (Fsp3) is 0.750. The minimum Gasteiger partial charge on any atom is -0.446 e. The van der Waals surface area contributed by atoms with Crippen LogP contribution in [-0.2, 0) is 17.6 Å². The Balaban J connectivity index is 2.17. The highest BCUT2D eigenvalue weighted by Gasteiger charge is 2.03. The first kappa shape index (κ1) is 13.2. The van der Waals surface area contributed by atoms with Crippen molar-refractivity contribution < 1.29 is 9.15 Å². The van der Waals surface area contributed by atoms with E-state index in [4.69, 9.17) is 9.15 Å². The van der Waals surface area contributed by atoms with Gasteiger partial charge in [0.2, 0.25) is 0 Å². The SMILES string of the molecule is CCNCCc1ncc(CCCOCC)o1. The number of likely N-dealkylation sites (N-methyl/N-ethyl adjacent to an activating group) is 1. The first-order valence-electron chi connectivity index (χ1n) is 6.08. The second-order valence-corrected chi connectivity index (χ2v) is 3.62. The molecule has 0 unspecified atom stereocenters. The van der Waals surface area contributed by atoms with E-state index in [9.17, 15) is 0 Å². The Hall–Kier alpha value is -0.870. The summed E-state index contributed by atoms with van der Waals surface area (Å²) in [7, 11) is 0. The highest BCUT2D eigenvalue weighted by atomic mass is 16.5. The smallest absolute Gasteiger partial charge is 0.195 e. The normalized spacial score (nSPS) is 10.9. The monoisotopic (exact) mass is 226 g/mol. The number of hydrogen-bond acceptors (Lipinski definition) is 4. The van der Waals surface area contributed by atoms with Gasteiger partial charge in [-0.25, -0.2) is 4.98 Å². The van der Waals surface area contributed by atoms with Crippen molar-refractivity contribution in [3.05, 3.63) is 17.8 Å². The van der Waals surface area contributed by atoms with Gasteiger partial charge in [-0.1, -0.05) is 6.92 Å². The van der Waals surface area contributed by atoms with Gasteiger partial charge in [-0.3, -0.25) is 0 Å². The summed E-state index contributed by atoms with van der Waals surface area (Å²) in [6.45, 7) is 7.59. The second-order valence-electron chi connectivity index (χ2n) is 3.62. The Kier molecular flexibility index (Phi) is 6.85. The van der Waals surface area contributed by atoms with E-state index in [0.717, 1.165) is 57.2 Å². The van der Waals surface area contributed by atoms with E-state index in [0.29, 0.717) is 0 Å². The highest BCUT2D eigenvalue weighted by Crippen LogP contribution is 2.06. The van der Waals surface area contributed by atoms with Crippen LogP contribution in [0.2, 0.25) is 0 Å². The van der Waals surface area contributed by atoms with Crippen LogP contribution in [-0.4, -0.2) is 31.3 Å². The minimum atomic E-state index is 0.782. The third kappa shape index (κ3) is 5.28. The summed E-state index contributed by atoms with van der Waals surface area (Å²) < 4.78 is 10.9. The fourth-order valence-corrected chi connectivity index (χ4v) is 1.44. The van der Waals surface area contributed by atoms with Gasteiger partial charge >= 0.3 is 0 Å². The van der Waals surface area contributed by atoms with Gasteiger partial charge in [0, 0.05) is 32.6 Å². The first-order valence-corrected chi connectivity index (χ1v) is 6.08. The molecule has 16 heavy (non-hydrogen) atoms. The number of ether oxygens (including phenoxy) is 1. The van der Waals surface area contributed by atoms with Gasteiger partial charge < -0.3 is 14.5 Å². The molecule has 4 heteroatoms. The zero-order valence-electron chi connectivity index (χ0n) is 10.3. The van der Waals surface area contributed by atoms with Crippen molar-refractivity contribution in [1.82, 2.24) is 10.3 Å². The fourth-order valence-electron chi connectivity index (χ4n) is 1.44. The highest BCUT2D eigenvalue weighted by molar-refractivity contribution is 4.94. The maximum Gasteiger partial charge on any atom is 0.195 e. The van der Waals surface area contributed by atoms with Crippen molar-refractivity contribution in [2.45, 2.75) is 33.1 Å². The molecule has 0 saturated carbocycles. The molecule has 1 heterocycles. The maximum absolute atomic E-state index is 5.60. The third-order valence-corrected chi connectivity index (χ3v) is 2.28. The Morgan fingerprint density at radius 2 is 2.25 bits per heavy atom. The number of oxazole rings is 1. The standard InChI is InChI=1S/C12H22N2O2/c1-3-13-8-7-12-14-10-11(16-12)6-5-9-15-4-2/h10,13H,3-9H2,1-2H3. The first-order chi connectivity index (χ1) is 7.86. The molecule has 0 aliphatic heterocycles. The van der Waals surface area contributed by atoms with Gasteiger partial charge in [-0.15, -0.1) is 0 Å². The Bertz CT molecular complexity index is 274. The largest absolute Gasteiger partial charge is 0.446 e. The van der Waals surface area contributed by atoms with Crippen LogP contribution in [0.15, 0.2) is 10.6 Å². The van der Waals surface area contributed by atoms with Crippen LogP contribution < -0.4 is 5.32 Å². The van der Waals surface area contributed by atoms with Crippen LogP contribution in [0, 0.1) is 0 Å². The lowest BCUT2D eigenvalue weighted by molar-refractivity contribution is 0.144. The Morgan fingerprint density at radius 3 is 3.00 bits per heavy atom. The van der Waals surface area contributed by atoms with Gasteiger partial charge in [0.15, 0.2) is 5.89 Å². The number of hydrogen-bond donors (Lipinski definition) is 1. The van der Waals surface area contributed by atoms with E-state index < -0.39 is 0 Å². The van der Waals surface area contributed by atoms with Gasteiger partial charge in [0.25, 0.3) is 0 Å². The summed E-state index contributed by atoms with van der Waals surface area (Å²) in [5.74, 6) is 1.79. The van der Waals surface area contributed by atoms with Crippen LogP contribution >= 0.6 is 0 Å². The molecule has 1 aromatic rings. The molecule has 1 aromatic heterocycles. The van der Waals surface area contributed by atoms with Crippen LogP contribution in [0.3, 0.4) is 0 Å². The van der Waals surface area contributed by atoms with E-state index in [2.05, 4.69) is 17.2 Å². The number of aromatic nitrogens is 1. The molecule has 1 rings (SSSR count). The molecular formula is C12H22N2O2. The molecule has 92 valence electrons. The number of aryl methyl sites for hydroxylation is 1. The lowest BCUT2D eigenvalue weighted by Crippen LogP contribution is -2.16. The Labute approximate surface area is 97.4 Å². The zero-order valence-corrected chi connectivity index (χ0v) is 10.3. The number of rotatable bonds is 9. The van der Waals surface area contributed by atoms with Gasteiger partial charge in [0.1, 0.15) is 5.76 Å². The molecule has 0 spiro atoms. The molecule has 0 fully saturated rings. The molecule has 0 atom stereocenters. The molecule has 0 bridgehead atoms. The molecule has 1 N–H and O–H groups in total. The summed E-state index contributed by atoms with van der Waals surface area (Å²) in [6, 6.07) is 0. The molecule has 0 amide bonds. The summed E-state index contributed by atoms with van der Waals surface area (Å²) >= 11 is 0. The maximum atomic E-state index is 5.60. The van der Waals surface area contributed by atoms with E-state index in [1.54, 1.807) is 0 Å². The predicted octanol–water partition coefficient (Wildman–Crippen LogP) is 1.80. The van der Waals surface area contributed by atoms with Crippen molar-refractivity contribution >= 4 is 0 Å². The molecule has 0 aliphatic rings. The van der Waals surface area contributed by atoms with E-state index in [1.165, 1.54) is 0 Å². The molecule has 0 radical (unpaired) electrons. The van der Waals surface area contributed by atoms with E-state index >= 15 is 0 Å². The third-order valence-electron chi connectivity index (χ3n) is 2.28. The molecule has 4 nitrogen and oxygen atoms in total. The summed E-state index contributed by atoms with van der Waals surface area (Å²) in [5.41, 5.74) is 0. The molecular weight excluding hydrogens is 204 g/mol. The van der Waals surface area contributed by atoms with E-state index in [-0.39, 0.29) is 0 Å². The summed E-state index contributed by atoms with van der Waals surface area (Å²) in [5, 5.41) is 3.25. The number of nitrogens with one attached hydrogen (secondary N) is 1. The minimum absolute atomic E-state index is 0.782. The Morgan fingerprint density at radius 1 is 1.38 bits per heavy atom. The van der Waals surface area contributed by atoms with Crippen LogP contribution in [0.1, 0.15) is 31.9 Å². The van der Waals surface area contributed by atoms with Crippen LogP contribution in [0.5, 0.6) is 0 Å². The van der Waals surface area contributed by atoms with Crippen molar-refractivity contribution in [3.63, 3.8) is 0 Å². The van der Waals surface area contributed by atoms with Crippen LogP contribution in [0.25, 0.3) is 0 Å². The topological polar surface area (TPSA) is 47.3 Å². The van der Waals surface area contributed by atoms with Crippen LogP contribution in [0.4, 0.5) is 0 Å². The summed E-state index contributed by atoms with van der Waals surface area (Å²) in [4.78, 5) is 4.24. The number of nitrogens with zero attached hydrogens (tertiary/aromatic N) is 1. The average Bonchev–Trinajstić information content (AvgIpc) is 2.73. The van der Waals surface area contributed by atoms with Crippen molar-refractivity contribution in [3.8, 4) is 0 Å². The van der Waals surface area contributed by atoms with Crippen molar-refractivity contribution in [2.75, 3.05) is 26.3 Å². The van der Waals surface area contributed by atoms with Gasteiger partial charge in [0.05, 0.1) is 6.20 Å². The molecule has 0 aromatic carbocycles.